The largest absolute Gasteiger partial charge is 0.480 e. The van der Waals surface area contributed by atoms with Crippen LogP contribution in [-0.4, -0.2) is 37.8 Å². The second-order valence-electron chi connectivity index (χ2n) is 5.74. The maximum Gasteiger partial charge on any atom is 0.344 e. The molecule has 22 heavy (non-hydrogen) atoms. The lowest BCUT2D eigenvalue weighted by atomic mass is 10.2. The van der Waals surface area contributed by atoms with Crippen LogP contribution in [0.3, 0.4) is 0 Å². The van der Waals surface area contributed by atoms with Gasteiger partial charge in [-0.3, -0.25) is 4.72 Å². The first-order valence-corrected chi connectivity index (χ1v) is 8.71. The smallest absolute Gasteiger partial charge is 0.344 e. The van der Waals surface area contributed by atoms with E-state index >= 15 is 0 Å². The van der Waals surface area contributed by atoms with E-state index in [9.17, 15) is 13.2 Å². The third-order valence-electron chi connectivity index (χ3n) is 2.32. The van der Waals surface area contributed by atoms with Crippen molar-refractivity contribution in [3.8, 4) is 5.75 Å². The Balaban J connectivity index is 2.77. The van der Waals surface area contributed by atoms with E-state index in [1.165, 1.54) is 6.07 Å². The molecule has 0 fully saturated rings. The molecule has 0 saturated carbocycles. The van der Waals surface area contributed by atoms with Crippen LogP contribution in [0.5, 0.6) is 5.75 Å². The van der Waals surface area contributed by atoms with Gasteiger partial charge in [0.1, 0.15) is 17.2 Å². The number of carbonyl (C=O) groups is 1. The standard InChI is InChI=1S/C14H22N2O5S/c1-6-10-11(20-9-13(17)21-14(2,3)4)7-8-12(15-10)16-22(5,18)19/h7-8H,6,9H2,1-5H3,(H,15,16). The van der Waals surface area contributed by atoms with Gasteiger partial charge in [-0.05, 0) is 39.3 Å². The summed E-state index contributed by atoms with van der Waals surface area (Å²) in [6.45, 7) is 6.94. The van der Waals surface area contributed by atoms with Crippen LogP contribution < -0.4 is 9.46 Å². The Morgan fingerprint density at radius 2 is 1.95 bits per heavy atom. The van der Waals surface area contributed by atoms with Gasteiger partial charge in [0.15, 0.2) is 6.61 Å². The van der Waals surface area contributed by atoms with E-state index in [-0.39, 0.29) is 12.4 Å². The highest BCUT2D eigenvalue weighted by Gasteiger charge is 2.17. The molecule has 0 radical (unpaired) electrons. The Bertz CT molecular complexity index is 635. The first-order chi connectivity index (χ1) is 10.00. The third-order valence-corrected chi connectivity index (χ3v) is 2.90. The number of hydrogen-bond acceptors (Lipinski definition) is 6. The van der Waals surface area contributed by atoms with Crippen molar-refractivity contribution in [2.24, 2.45) is 0 Å². The van der Waals surface area contributed by atoms with Gasteiger partial charge in [-0.15, -0.1) is 0 Å². The van der Waals surface area contributed by atoms with Gasteiger partial charge in [-0.2, -0.15) is 0 Å². The summed E-state index contributed by atoms with van der Waals surface area (Å²) in [5.74, 6) is 0.157. The van der Waals surface area contributed by atoms with Gasteiger partial charge < -0.3 is 9.47 Å². The Hall–Kier alpha value is -1.83. The molecule has 0 aliphatic carbocycles. The summed E-state index contributed by atoms with van der Waals surface area (Å²) in [5.41, 5.74) is -0.0209. The quantitative estimate of drug-likeness (QED) is 0.798. The van der Waals surface area contributed by atoms with Crippen molar-refractivity contribution >= 4 is 21.8 Å². The van der Waals surface area contributed by atoms with Crippen LogP contribution in [0.15, 0.2) is 12.1 Å². The van der Waals surface area contributed by atoms with Gasteiger partial charge in [0.05, 0.1) is 11.9 Å². The molecule has 1 aromatic rings. The Kier molecular flexibility index (Phi) is 5.76. The van der Waals surface area contributed by atoms with Crippen LogP contribution in [-0.2, 0) is 26.0 Å². The molecule has 8 heteroatoms. The molecule has 0 bridgehead atoms. The fraction of sp³-hybridized carbons (Fsp3) is 0.571. The highest BCUT2D eigenvalue weighted by Crippen LogP contribution is 2.20. The van der Waals surface area contributed by atoms with E-state index in [0.717, 1.165) is 6.26 Å². The van der Waals surface area contributed by atoms with Crippen LogP contribution in [0.4, 0.5) is 5.82 Å². The second kappa shape index (κ2) is 6.95. The normalized spacial score (nSPS) is 11.9. The second-order valence-corrected chi connectivity index (χ2v) is 7.49. The molecular formula is C14H22N2O5S. The molecule has 7 nitrogen and oxygen atoms in total. The number of esters is 1. The minimum absolute atomic E-state index is 0.212. The molecule has 0 aromatic carbocycles. The summed E-state index contributed by atoms with van der Waals surface area (Å²) in [5, 5.41) is 0. The lowest BCUT2D eigenvalue weighted by Crippen LogP contribution is -2.27. The van der Waals surface area contributed by atoms with Crippen molar-refractivity contribution in [1.82, 2.24) is 4.98 Å². The average molecular weight is 330 g/mol. The van der Waals surface area contributed by atoms with E-state index < -0.39 is 21.6 Å². The Morgan fingerprint density at radius 3 is 2.45 bits per heavy atom. The van der Waals surface area contributed by atoms with Crippen LogP contribution in [0.25, 0.3) is 0 Å². The summed E-state index contributed by atoms with van der Waals surface area (Å²) in [7, 11) is -3.39. The van der Waals surface area contributed by atoms with E-state index in [2.05, 4.69) is 9.71 Å². The number of aryl methyl sites for hydroxylation is 1. The Labute approximate surface area is 131 Å². The molecule has 0 amide bonds. The molecule has 124 valence electrons. The topological polar surface area (TPSA) is 94.6 Å². The third kappa shape index (κ3) is 6.75. The van der Waals surface area contributed by atoms with Crippen LogP contribution in [0.2, 0.25) is 0 Å². The van der Waals surface area contributed by atoms with Gasteiger partial charge in [-0.25, -0.2) is 18.2 Å². The maximum atomic E-state index is 11.6. The first-order valence-electron chi connectivity index (χ1n) is 6.82. The minimum Gasteiger partial charge on any atom is -0.480 e. The predicted octanol–water partition coefficient (Wildman–Crippen LogP) is 1.74. The average Bonchev–Trinajstić information content (AvgIpc) is 2.33. The highest BCUT2D eigenvalue weighted by molar-refractivity contribution is 7.92. The van der Waals surface area contributed by atoms with Crippen LogP contribution in [0, 0.1) is 0 Å². The fourth-order valence-electron chi connectivity index (χ4n) is 1.63. The number of nitrogens with one attached hydrogen (secondary N) is 1. The zero-order valence-corrected chi connectivity index (χ0v) is 14.3. The molecule has 1 heterocycles. The van der Waals surface area contributed by atoms with Gasteiger partial charge >= 0.3 is 5.97 Å². The summed E-state index contributed by atoms with van der Waals surface area (Å²) in [4.78, 5) is 15.8. The SMILES string of the molecule is CCc1nc(NS(C)(=O)=O)ccc1OCC(=O)OC(C)(C)C. The van der Waals surface area contributed by atoms with E-state index in [1.54, 1.807) is 26.8 Å². The zero-order valence-electron chi connectivity index (χ0n) is 13.5. The number of pyridine rings is 1. The van der Waals surface area contributed by atoms with Crippen molar-refractivity contribution in [2.75, 3.05) is 17.6 Å². The van der Waals surface area contributed by atoms with Gasteiger partial charge in [0.25, 0.3) is 0 Å². The molecule has 0 saturated heterocycles. The molecule has 1 N–H and O–H groups in total. The van der Waals surface area contributed by atoms with Gasteiger partial charge in [0.2, 0.25) is 10.0 Å². The monoisotopic (exact) mass is 330 g/mol. The van der Waals surface area contributed by atoms with E-state index in [0.29, 0.717) is 17.9 Å². The zero-order chi connectivity index (χ0) is 17.0. The number of sulfonamides is 1. The number of ether oxygens (including phenoxy) is 2. The summed E-state index contributed by atoms with van der Waals surface area (Å²) in [6, 6.07) is 3.05. The fourth-order valence-corrected chi connectivity index (χ4v) is 2.12. The highest BCUT2D eigenvalue weighted by atomic mass is 32.2. The number of rotatable bonds is 6. The number of nitrogens with zero attached hydrogens (tertiary/aromatic N) is 1. The summed E-state index contributed by atoms with van der Waals surface area (Å²) in [6.07, 6.45) is 1.58. The molecule has 1 rings (SSSR count). The van der Waals surface area contributed by atoms with Crippen molar-refractivity contribution in [3.05, 3.63) is 17.8 Å². The maximum absolute atomic E-state index is 11.6. The lowest BCUT2D eigenvalue weighted by Gasteiger charge is -2.19. The van der Waals surface area contributed by atoms with E-state index in [4.69, 9.17) is 9.47 Å². The molecule has 0 aliphatic heterocycles. The first kappa shape index (κ1) is 18.2. The molecule has 0 spiro atoms. The molecule has 0 atom stereocenters. The molecule has 1 aromatic heterocycles. The number of hydrogen-bond donors (Lipinski definition) is 1. The van der Waals surface area contributed by atoms with Gasteiger partial charge in [-0.1, -0.05) is 6.92 Å². The Morgan fingerprint density at radius 1 is 1.32 bits per heavy atom. The van der Waals surface area contributed by atoms with Crippen molar-refractivity contribution < 1.29 is 22.7 Å². The number of anilines is 1. The summed E-state index contributed by atoms with van der Waals surface area (Å²) < 4.78 is 35.2. The van der Waals surface area contributed by atoms with Crippen molar-refractivity contribution in [3.63, 3.8) is 0 Å². The van der Waals surface area contributed by atoms with Crippen molar-refractivity contribution in [1.29, 1.82) is 0 Å². The molecule has 0 unspecified atom stereocenters. The molecule has 0 aliphatic rings. The molecular weight excluding hydrogens is 308 g/mol. The van der Waals surface area contributed by atoms with E-state index in [1.807, 2.05) is 6.92 Å². The number of carbonyl (C=O) groups excluding carboxylic acids is 1. The van der Waals surface area contributed by atoms with Crippen LogP contribution >= 0.6 is 0 Å². The lowest BCUT2D eigenvalue weighted by molar-refractivity contribution is -0.157. The van der Waals surface area contributed by atoms with Gasteiger partial charge in [0, 0.05) is 0 Å². The predicted molar refractivity (Wildman–Crippen MR) is 83.4 cm³/mol. The number of aromatic nitrogens is 1. The summed E-state index contributed by atoms with van der Waals surface area (Å²) >= 11 is 0. The van der Waals surface area contributed by atoms with Crippen molar-refractivity contribution in [2.45, 2.75) is 39.7 Å². The minimum atomic E-state index is -3.39. The van der Waals surface area contributed by atoms with Crippen LogP contribution in [0.1, 0.15) is 33.4 Å².